The van der Waals surface area contributed by atoms with Crippen molar-refractivity contribution in [3.05, 3.63) is 63.6 Å². The first kappa shape index (κ1) is 37.4. The molecule has 4 amide bonds. The lowest BCUT2D eigenvalue weighted by molar-refractivity contribution is -0.145. The molecule has 1 saturated heterocycles. The number of amides is 4. The summed E-state index contributed by atoms with van der Waals surface area (Å²) in [5, 5.41) is 9.19. The van der Waals surface area contributed by atoms with Crippen LogP contribution in [0.3, 0.4) is 0 Å². The Kier molecular flexibility index (Phi) is 10.8. The molecule has 1 aliphatic carbocycles. The van der Waals surface area contributed by atoms with E-state index in [9.17, 15) is 24.0 Å². The molecule has 3 aliphatic heterocycles. The molecule has 4 atom stereocenters. The summed E-state index contributed by atoms with van der Waals surface area (Å²) in [6.07, 6.45) is 4.06. The van der Waals surface area contributed by atoms with Crippen molar-refractivity contribution in [3.8, 4) is 11.5 Å². The number of Topliss-reactive ketones (excluding diaryl/α,β-unsaturated/α-hetero) is 1. The van der Waals surface area contributed by atoms with E-state index in [0.29, 0.717) is 39.2 Å². The lowest BCUT2D eigenvalue weighted by Crippen LogP contribution is -2.59. The second kappa shape index (κ2) is 15.0. The first-order chi connectivity index (χ1) is 24.7. The quantitative estimate of drug-likeness (QED) is 0.236. The Bertz CT molecular complexity index is 1810. The largest absolute Gasteiger partial charge is 0.454 e. The molecule has 2 aromatic carbocycles. The van der Waals surface area contributed by atoms with Crippen molar-refractivity contribution in [2.24, 2.45) is 5.41 Å². The van der Waals surface area contributed by atoms with E-state index < -0.39 is 58.6 Å². The number of hydroxylamine groups is 1. The highest BCUT2D eigenvalue weighted by Crippen LogP contribution is 2.40. The van der Waals surface area contributed by atoms with Gasteiger partial charge in [-0.15, -0.1) is 0 Å². The van der Waals surface area contributed by atoms with Gasteiger partial charge in [-0.05, 0) is 54.5 Å². The highest BCUT2D eigenvalue weighted by molar-refractivity contribution is 6.38. The number of fused-ring (bicyclic) bond motifs is 1. The number of benzene rings is 2. The SMILES string of the molecule is CCC[C@H](NC(=O)[C@@H]1C[C@]2(C=C(c3cccc(Cl)c3)NO2)CN1C(=O)[C@@H](NC(=O)Cc1cc2c(cc1Cl)OCO2)C(C)(C)C)C(=O)C(=O)NC1CC1. The van der Waals surface area contributed by atoms with Crippen molar-refractivity contribution in [2.75, 3.05) is 13.3 Å². The Balaban J connectivity index is 1.27. The van der Waals surface area contributed by atoms with Crippen LogP contribution in [0.5, 0.6) is 11.5 Å². The van der Waals surface area contributed by atoms with Crippen molar-refractivity contribution in [1.29, 1.82) is 0 Å². The summed E-state index contributed by atoms with van der Waals surface area (Å²) in [4.78, 5) is 75.8. The third-order valence-corrected chi connectivity index (χ3v) is 10.1. The zero-order valence-electron chi connectivity index (χ0n) is 29.5. The number of ketones is 1. The highest BCUT2D eigenvalue weighted by Gasteiger charge is 2.54. The Labute approximate surface area is 312 Å². The minimum absolute atomic E-state index is 0.0283. The minimum Gasteiger partial charge on any atom is -0.454 e. The first-order valence-electron chi connectivity index (χ1n) is 17.4. The number of carbonyl (C=O) groups excluding carboxylic acids is 5. The Hall–Kier alpha value is -4.33. The predicted octanol–water partition coefficient (Wildman–Crippen LogP) is 3.84. The molecule has 2 fully saturated rings. The molecule has 278 valence electrons. The molecule has 3 heterocycles. The van der Waals surface area contributed by atoms with Crippen LogP contribution in [-0.4, -0.2) is 77.4 Å². The van der Waals surface area contributed by atoms with Gasteiger partial charge in [0.1, 0.15) is 17.7 Å². The minimum atomic E-state index is -1.14. The summed E-state index contributed by atoms with van der Waals surface area (Å²) in [6.45, 7) is 7.27. The van der Waals surface area contributed by atoms with Crippen molar-refractivity contribution in [3.63, 3.8) is 0 Å². The smallest absolute Gasteiger partial charge is 0.289 e. The fourth-order valence-corrected chi connectivity index (χ4v) is 6.99. The molecule has 15 heteroatoms. The Morgan fingerprint density at radius 2 is 1.77 bits per heavy atom. The molecule has 1 spiro atoms. The number of hydrogen-bond acceptors (Lipinski definition) is 9. The maximum absolute atomic E-state index is 14.7. The van der Waals surface area contributed by atoms with Gasteiger partial charge in [-0.2, -0.15) is 0 Å². The molecular formula is C37H43Cl2N5O8. The molecule has 4 N–H and O–H groups in total. The van der Waals surface area contributed by atoms with E-state index in [0.717, 1.165) is 18.4 Å². The van der Waals surface area contributed by atoms with Crippen LogP contribution in [0.15, 0.2) is 42.5 Å². The summed E-state index contributed by atoms with van der Waals surface area (Å²) in [5.74, 6) is -2.15. The van der Waals surface area contributed by atoms with Gasteiger partial charge in [0.2, 0.25) is 30.3 Å². The second-order valence-corrected chi connectivity index (χ2v) is 15.7. The average molecular weight is 757 g/mol. The molecule has 0 bridgehead atoms. The van der Waals surface area contributed by atoms with Crippen LogP contribution in [0.4, 0.5) is 0 Å². The molecule has 2 aromatic rings. The zero-order valence-corrected chi connectivity index (χ0v) is 31.0. The summed E-state index contributed by atoms with van der Waals surface area (Å²) < 4.78 is 10.8. The molecule has 13 nitrogen and oxygen atoms in total. The topological polar surface area (TPSA) is 164 Å². The molecular weight excluding hydrogens is 713 g/mol. The van der Waals surface area contributed by atoms with E-state index in [1.54, 1.807) is 30.3 Å². The lowest BCUT2D eigenvalue weighted by Gasteiger charge is -2.35. The fourth-order valence-electron chi connectivity index (χ4n) is 6.58. The number of rotatable bonds is 12. The fraction of sp³-hybridized carbons (Fsp3) is 0.486. The van der Waals surface area contributed by atoms with Crippen molar-refractivity contribution in [2.45, 2.75) is 96.0 Å². The van der Waals surface area contributed by atoms with Gasteiger partial charge < -0.3 is 30.3 Å². The van der Waals surface area contributed by atoms with Gasteiger partial charge in [-0.25, -0.2) is 0 Å². The van der Waals surface area contributed by atoms with E-state index in [1.165, 1.54) is 4.90 Å². The van der Waals surface area contributed by atoms with Gasteiger partial charge >= 0.3 is 0 Å². The van der Waals surface area contributed by atoms with Gasteiger partial charge in [0.25, 0.3) is 5.91 Å². The summed E-state index contributed by atoms with van der Waals surface area (Å²) >= 11 is 12.7. The van der Waals surface area contributed by atoms with Gasteiger partial charge in [0, 0.05) is 34.1 Å². The number of ether oxygens (including phenoxy) is 2. The zero-order chi connectivity index (χ0) is 37.4. The standard InChI is InChI=1S/C37H43Cl2N5O8/c1-5-7-25(31(46)34(48)40-23-10-11-23)41-33(47)27-17-37(16-26(43-52-37)20-8-6-9-22(38)12-20)18-44(27)35(49)32(36(2,3)4)42-30(45)14-21-13-28-29(15-24(21)39)51-19-50-28/h6,8-9,12-13,15-16,23,25,27,32,43H,5,7,10-11,14,17-19H2,1-4H3,(H,40,48)(H,41,47)(H,42,45)/t25-,27-,32+,37+/m0/s1. The summed E-state index contributed by atoms with van der Waals surface area (Å²) in [5.41, 5.74) is 2.82. The monoisotopic (exact) mass is 755 g/mol. The summed E-state index contributed by atoms with van der Waals surface area (Å²) in [7, 11) is 0. The van der Waals surface area contributed by atoms with Crippen LogP contribution in [0.2, 0.25) is 10.0 Å². The lowest BCUT2D eigenvalue weighted by atomic mass is 9.85. The Morgan fingerprint density at radius 1 is 1.04 bits per heavy atom. The predicted molar refractivity (Wildman–Crippen MR) is 192 cm³/mol. The van der Waals surface area contributed by atoms with E-state index in [2.05, 4.69) is 21.4 Å². The van der Waals surface area contributed by atoms with Crippen LogP contribution >= 0.6 is 23.2 Å². The number of halogens is 2. The normalized spacial score (nSPS) is 21.6. The van der Waals surface area contributed by atoms with Crippen LogP contribution in [-0.2, 0) is 35.2 Å². The van der Waals surface area contributed by atoms with Crippen LogP contribution in [0, 0.1) is 5.41 Å². The number of carbonyl (C=O) groups is 5. The van der Waals surface area contributed by atoms with E-state index in [-0.39, 0.29) is 38.6 Å². The van der Waals surface area contributed by atoms with Crippen molar-refractivity contribution < 1.29 is 38.3 Å². The molecule has 0 radical (unpaired) electrons. The first-order valence-corrected chi connectivity index (χ1v) is 18.2. The van der Waals surface area contributed by atoms with Crippen LogP contribution in [0.25, 0.3) is 5.70 Å². The van der Waals surface area contributed by atoms with Gasteiger partial charge in [-0.1, -0.05) is 69.5 Å². The van der Waals surface area contributed by atoms with E-state index in [1.807, 2.05) is 39.8 Å². The van der Waals surface area contributed by atoms with Crippen LogP contribution in [0.1, 0.15) is 70.9 Å². The van der Waals surface area contributed by atoms with Gasteiger partial charge in [0.05, 0.1) is 24.7 Å². The molecule has 4 aliphatic rings. The molecule has 0 aromatic heterocycles. The van der Waals surface area contributed by atoms with E-state index in [4.69, 9.17) is 37.5 Å². The van der Waals surface area contributed by atoms with Crippen molar-refractivity contribution in [1.82, 2.24) is 26.3 Å². The average Bonchev–Trinajstić information content (AvgIpc) is 3.45. The van der Waals surface area contributed by atoms with Crippen molar-refractivity contribution >= 4 is 58.3 Å². The third-order valence-electron chi connectivity index (χ3n) is 9.50. The van der Waals surface area contributed by atoms with Gasteiger partial charge in [-0.3, -0.25) is 34.3 Å². The number of likely N-dealkylation sites (tertiary alicyclic amines) is 1. The molecule has 6 rings (SSSR count). The molecule has 1 saturated carbocycles. The third kappa shape index (κ3) is 8.32. The molecule has 52 heavy (non-hydrogen) atoms. The summed E-state index contributed by atoms with van der Waals surface area (Å²) in [6, 6.07) is 7.04. The van der Waals surface area contributed by atoms with Crippen LogP contribution < -0.4 is 30.9 Å². The maximum Gasteiger partial charge on any atom is 0.289 e. The van der Waals surface area contributed by atoms with E-state index >= 15 is 0 Å². The second-order valence-electron chi connectivity index (χ2n) is 14.8. The van der Waals surface area contributed by atoms with Gasteiger partial charge in [0.15, 0.2) is 11.5 Å². The Morgan fingerprint density at radius 3 is 2.44 bits per heavy atom. The molecule has 0 unspecified atom stereocenters. The maximum atomic E-state index is 14.7. The number of nitrogens with one attached hydrogen (secondary N) is 4. The number of nitrogens with zero attached hydrogens (tertiary/aromatic N) is 1. The highest BCUT2D eigenvalue weighted by atomic mass is 35.5. The number of hydrogen-bond donors (Lipinski definition) is 4.